The molecule has 1 amide bonds. The van der Waals surface area contributed by atoms with Gasteiger partial charge in [-0.15, -0.1) is 0 Å². The molecule has 6 nitrogen and oxygen atoms in total. The molecule has 2 N–H and O–H groups in total. The lowest BCUT2D eigenvalue weighted by molar-refractivity contribution is -0.126. The number of ether oxygens (including phenoxy) is 1. The zero-order valence-corrected chi connectivity index (χ0v) is 17.5. The highest BCUT2D eigenvalue weighted by Gasteiger charge is 2.33. The Morgan fingerprint density at radius 1 is 1.03 bits per heavy atom. The molecule has 3 heterocycles. The van der Waals surface area contributed by atoms with Gasteiger partial charge in [-0.05, 0) is 50.7 Å². The van der Waals surface area contributed by atoms with Gasteiger partial charge in [0.2, 0.25) is 5.91 Å². The van der Waals surface area contributed by atoms with Gasteiger partial charge in [0.1, 0.15) is 0 Å². The highest BCUT2D eigenvalue weighted by molar-refractivity contribution is 5.78. The smallest absolute Gasteiger partial charge is 0.224 e. The van der Waals surface area contributed by atoms with E-state index in [-0.39, 0.29) is 11.8 Å². The van der Waals surface area contributed by atoms with Crippen LogP contribution in [-0.4, -0.2) is 60.2 Å². The number of hydrogen-bond acceptors (Lipinski definition) is 5. The van der Waals surface area contributed by atoms with Gasteiger partial charge in [-0.25, -0.2) is 0 Å². The Morgan fingerprint density at radius 2 is 1.86 bits per heavy atom. The molecule has 3 aliphatic rings. The molecule has 1 aromatic rings. The van der Waals surface area contributed by atoms with Crippen LogP contribution in [-0.2, 0) is 16.1 Å². The Kier molecular flexibility index (Phi) is 7.52. The van der Waals surface area contributed by atoms with Crippen LogP contribution in [0.3, 0.4) is 0 Å². The Hall–Kier alpha value is -1.50. The Bertz CT molecular complexity index is 629. The summed E-state index contributed by atoms with van der Waals surface area (Å²) < 4.78 is 5.59. The van der Waals surface area contributed by atoms with Crippen molar-refractivity contribution in [1.82, 2.24) is 20.5 Å². The van der Waals surface area contributed by atoms with E-state index < -0.39 is 0 Å². The van der Waals surface area contributed by atoms with Crippen LogP contribution in [0.1, 0.15) is 57.1 Å². The zero-order valence-electron chi connectivity index (χ0n) is 17.5. The largest absolute Gasteiger partial charge is 0.381 e. The van der Waals surface area contributed by atoms with Crippen LogP contribution in [0.25, 0.3) is 0 Å². The third kappa shape index (κ3) is 6.00. The van der Waals surface area contributed by atoms with Crippen molar-refractivity contribution in [3.05, 3.63) is 30.1 Å². The van der Waals surface area contributed by atoms with E-state index in [0.29, 0.717) is 24.7 Å². The fraction of sp³-hybridized carbons (Fsp3) is 0.739. The number of rotatable bonds is 6. The molecule has 2 aliphatic heterocycles. The summed E-state index contributed by atoms with van der Waals surface area (Å²) in [6.45, 7) is 4.13. The number of likely N-dealkylation sites (tertiary alicyclic amines) is 1. The molecule has 0 bridgehead atoms. The molecule has 29 heavy (non-hydrogen) atoms. The van der Waals surface area contributed by atoms with Gasteiger partial charge < -0.3 is 15.4 Å². The lowest BCUT2D eigenvalue weighted by Gasteiger charge is -2.36. The fourth-order valence-electron chi connectivity index (χ4n) is 5.17. The number of pyridine rings is 1. The maximum atomic E-state index is 13.0. The lowest BCUT2D eigenvalue weighted by Crippen LogP contribution is -2.49. The lowest BCUT2D eigenvalue weighted by atomic mass is 10.00. The minimum absolute atomic E-state index is 0.0527. The molecule has 3 fully saturated rings. The number of hydrogen-bond donors (Lipinski definition) is 2. The molecule has 1 saturated carbocycles. The summed E-state index contributed by atoms with van der Waals surface area (Å²) in [5, 5.41) is 7.06. The third-order valence-electron chi connectivity index (χ3n) is 6.85. The first-order chi connectivity index (χ1) is 14.3. The van der Waals surface area contributed by atoms with Crippen molar-refractivity contribution in [3.8, 4) is 0 Å². The predicted molar refractivity (Wildman–Crippen MR) is 113 cm³/mol. The monoisotopic (exact) mass is 400 g/mol. The first-order valence-corrected chi connectivity index (χ1v) is 11.5. The van der Waals surface area contributed by atoms with Gasteiger partial charge >= 0.3 is 0 Å². The van der Waals surface area contributed by atoms with Crippen LogP contribution < -0.4 is 10.6 Å². The van der Waals surface area contributed by atoms with Gasteiger partial charge in [0.05, 0.1) is 18.2 Å². The molecule has 0 radical (unpaired) electrons. The first kappa shape index (κ1) is 20.8. The summed E-state index contributed by atoms with van der Waals surface area (Å²) in [5.41, 5.74) is 0.913. The van der Waals surface area contributed by atoms with Gasteiger partial charge in [-0.3, -0.25) is 14.7 Å². The first-order valence-electron chi connectivity index (χ1n) is 11.5. The molecule has 1 aromatic heterocycles. The fourth-order valence-corrected chi connectivity index (χ4v) is 5.17. The molecule has 2 atom stereocenters. The van der Waals surface area contributed by atoms with Crippen molar-refractivity contribution >= 4 is 5.91 Å². The van der Waals surface area contributed by atoms with Crippen LogP contribution in [0.2, 0.25) is 0 Å². The highest BCUT2D eigenvalue weighted by atomic mass is 16.5. The van der Waals surface area contributed by atoms with Crippen molar-refractivity contribution in [1.29, 1.82) is 0 Å². The topological polar surface area (TPSA) is 66.5 Å². The minimum Gasteiger partial charge on any atom is -0.381 e. The average molecular weight is 401 g/mol. The second-order valence-electron chi connectivity index (χ2n) is 8.96. The summed E-state index contributed by atoms with van der Waals surface area (Å²) in [5.74, 6) is 0.228. The number of aromatic nitrogens is 1. The van der Waals surface area contributed by atoms with Crippen molar-refractivity contribution < 1.29 is 9.53 Å². The summed E-state index contributed by atoms with van der Waals surface area (Å²) in [4.78, 5) is 19.9. The van der Waals surface area contributed by atoms with E-state index in [0.717, 1.165) is 57.7 Å². The van der Waals surface area contributed by atoms with Gasteiger partial charge in [-0.1, -0.05) is 18.9 Å². The van der Waals surface area contributed by atoms with E-state index >= 15 is 0 Å². The van der Waals surface area contributed by atoms with Crippen molar-refractivity contribution in [2.24, 2.45) is 5.92 Å². The third-order valence-corrected chi connectivity index (χ3v) is 6.85. The molecule has 160 valence electrons. The standard InChI is InChI=1S/C23H36N4O2/c28-23(25-15-20-7-3-4-12-24-20)18-8-9-21(26-19-5-1-2-6-19)17-27(16-18)22-10-13-29-14-11-22/h3-4,7,12,18-19,21-22,26H,1-2,5-6,8-11,13-17H2,(H,25,28)/t18-,21+/m1/s1. The molecule has 2 saturated heterocycles. The molecule has 0 spiro atoms. The van der Waals surface area contributed by atoms with E-state index in [2.05, 4.69) is 20.5 Å². The Morgan fingerprint density at radius 3 is 2.62 bits per heavy atom. The number of carbonyl (C=O) groups excluding carboxylic acids is 1. The van der Waals surface area contributed by atoms with Crippen molar-refractivity contribution in [2.45, 2.75) is 76.0 Å². The Labute approximate surface area is 174 Å². The van der Waals surface area contributed by atoms with Crippen LogP contribution in [0, 0.1) is 5.92 Å². The summed E-state index contributed by atoms with van der Waals surface area (Å²) in [6.07, 6.45) is 11.3. The molecule has 6 heteroatoms. The summed E-state index contributed by atoms with van der Waals surface area (Å²) >= 11 is 0. The van der Waals surface area contributed by atoms with Crippen molar-refractivity contribution in [3.63, 3.8) is 0 Å². The maximum Gasteiger partial charge on any atom is 0.224 e. The number of nitrogens with zero attached hydrogens (tertiary/aromatic N) is 2. The number of nitrogens with one attached hydrogen (secondary N) is 2. The van der Waals surface area contributed by atoms with E-state index in [1.54, 1.807) is 6.20 Å². The number of amides is 1. The molecular formula is C23H36N4O2. The quantitative estimate of drug-likeness (QED) is 0.768. The average Bonchev–Trinajstić information content (AvgIpc) is 3.19. The molecule has 0 unspecified atom stereocenters. The van der Waals surface area contributed by atoms with Gasteiger partial charge in [0, 0.05) is 50.6 Å². The zero-order chi connectivity index (χ0) is 19.9. The highest BCUT2D eigenvalue weighted by Crippen LogP contribution is 2.25. The van der Waals surface area contributed by atoms with Crippen LogP contribution in [0.5, 0.6) is 0 Å². The second-order valence-corrected chi connectivity index (χ2v) is 8.96. The van der Waals surface area contributed by atoms with Gasteiger partial charge in [-0.2, -0.15) is 0 Å². The Balaban J connectivity index is 1.38. The van der Waals surface area contributed by atoms with Crippen LogP contribution in [0.4, 0.5) is 0 Å². The minimum atomic E-state index is 0.0527. The van der Waals surface area contributed by atoms with E-state index in [1.165, 1.54) is 25.7 Å². The molecular weight excluding hydrogens is 364 g/mol. The van der Waals surface area contributed by atoms with E-state index in [9.17, 15) is 4.79 Å². The van der Waals surface area contributed by atoms with Crippen molar-refractivity contribution in [2.75, 3.05) is 26.3 Å². The number of carbonyl (C=O) groups is 1. The predicted octanol–water partition coefficient (Wildman–Crippen LogP) is 2.49. The second kappa shape index (κ2) is 10.5. The molecule has 0 aromatic carbocycles. The summed E-state index contributed by atoms with van der Waals surface area (Å²) in [6, 6.07) is 7.54. The van der Waals surface area contributed by atoms with Gasteiger partial charge in [0.25, 0.3) is 0 Å². The summed E-state index contributed by atoms with van der Waals surface area (Å²) in [7, 11) is 0. The maximum absolute atomic E-state index is 13.0. The molecule has 1 aliphatic carbocycles. The van der Waals surface area contributed by atoms with E-state index in [1.807, 2.05) is 18.2 Å². The van der Waals surface area contributed by atoms with Crippen LogP contribution >= 0.6 is 0 Å². The van der Waals surface area contributed by atoms with Gasteiger partial charge in [0.15, 0.2) is 0 Å². The molecule has 4 rings (SSSR count). The normalized spacial score (nSPS) is 27.6. The van der Waals surface area contributed by atoms with Crippen LogP contribution in [0.15, 0.2) is 24.4 Å². The SMILES string of the molecule is O=C(NCc1ccccn1)[C@@H]1CC[C@H](NC2CCCC2)CN(C2CCOCC2)C1. The van der Waals surface area contributed by atoms with E-state index in [4.69, 9.17) is 4.74 Å².